The summed E-state index contributed by atoms with van der Waals surface area (Å²) in [6, 6.07) is 9.47. The molecule has 3 nitrogen and oxygen atoms in total. The normalized spacial score (nSPS) is 15.1. The van der Waals surface area contributed by atoms with E-state index in [0.29, 0.717) is 19.4 Å². The first kappa shape index (κ1) is 8.94. The molecule has 0 N–H and O–H groups in total. The van der Waals surface area contributed by atoms with Crippen molar-refractivity contribution in [3.63, 3.8) is 0 Å². The van der Waals surface area contributed by atoms with Crippen molar-refractivity contribution < 1.29 is 9.59 Å². The summed E-state index contributed by atoms with van der Waals surface area (Å²) in [7, 11) is 0. The molecule has 1 fully saturated rings. The highest BCUT2D eigenvalue weighted by molar-refractivity contribution is 6.00. The van der Waals surface area contributed by atoms with Crippen LogP contribution in [0.4, 0.5) is 0 Å². The van der Waals surface area contributed by atoms with Gasteiger partial charge >= 0.3 is 0 Å². The summed E-state index contributed by atoms with van der Waals surface area (Å²) >= 11 is 0. The van der Waals surface area contributed by atoms with Crippen molar-refractivity contribution >= 4 is 11.8 Å². The molecule has 2 amide bonds. The quantitative estimate of drug-likeness (QED) is 0.650. The third-order valence-electron chi connectivity index (χ3n) is 2.35. The lowest BCUT2D eigenvalue weighted by Crippen LogP contribution is -2.48. The molecule has 1 saturated heterocycles. The lowest BCUT2D eigenvalue weighted by atomic mass is 10.1. The predicted molar refractivity (Wildman–Crippen MR) is 51.5 cm³/mol. The van der Waals surface area contributed by atoms with Gasteiger partial charge in [0.1, 0.15) is 0 Å². The zero-order chi connectivity index (χ0) is 9.97. The van der Waals surface area contributed by atoms with Gasteiger partial charge in [-0.05, 0) is 5.56 Å². The van der Waals surface area contributed by atoms with Crippen LogP contribution in [0.25, 0.3) is 0 Å². The van der Waals surface area contributed by atoms with Gasteiger partial charge in [-0.1, -0.05) is 30.3 Å². The van der Waals surface area contributed by atoms with E-state index in [1.165, 1.54) is 4.90 Å². The van der Waals surface area contributed by atoms with E-state index in [1.807, 2.05) is 30.3 Å². The van der Waals surface area contributed by atoms with Crippen molar-refractivity contribution in [3.05, 3.63) is 35.9 Å². The van der Waals surface area contributed by atoms with Crippen LogP contribution in [0.1, 0.15) is 12.0 Å². The number of carbonyl (C=O) groups excluding carboxylic acids is 2. The van der Waals surface area contributed by atoms with Crippen LogP contribution in [-0.4, -0.2) is 23.3 Å². The number of nitrogens with zero attached hydrogens (tertiary/aromatic N) is 1. The van der Waals surface area contributed by atoms with Gasteiger partial charge in [-0.3, -0.25) is 14.5 Å². The van der Waals surface area contributed by atoms with Crippen molar-refractivity contribution in [2.75, 3.05) is 6.54 Å². The van der Waals surface area contributed by atoms with Crippen molar-refractivity contribution in [1.82, 2.24) is 4.90 Å². The van der Waals surface area contributed by atoms with Crippen LogP contribution in [0.5, 0.6) is 0 Å². The topological polar surface area (TPSA) is 37.4 Å². The number of amides is 2. The minimum Gasteiger partial charge on any atom is -0.282 e. The monoisotopic (exact) mass is 189 g/mol. The van der Waals surface area contributed by atoms with Gasteiger partial charge in [0, 0.05) is 13.0 Å². The van der Waals surface area contributed by atoms with Gasteiger partial charge in [-0.25, -0.2) is 0 Å². The van der Waals surface area contributed by atoms with Gasteiger partial charge in [0.2, 0.25) is 11.8 Å². The zero-order valence-corrected chi connectivity index (χ0v) is 7.77. The highest BCUT2D eigenvalue weighted by atomic mass is 16.2. The zero-order valence-electron chi connectivity index (χ0n) is 7.77. The molecule has 0 radical (unpaired) electrons. The molecule has 0 atom stereocenters. The smallest absolute Gasteiger partial charge is 0.233 e. The molecule has 1 aromatic rings. The van der Waals surface area contributed by atoms with Crippen LogP contribution in [0.3, 0.4) is 0 Å². The Labute approximate surface area is 82.3 Å². The molecule has 1 aliphatic heterocycles. The van der Waals surface area contributed by atoms with E-state index < -0.39 is 0 Å². The Kier molecular flexibility index (Phi) is 2.31. The molecule has 14 heavy (non-hydrogen) atoms. The number of β-lactam (4-membered cyclic amide) rings is 1. The molecule has 0 spiro atoms. The number of benzene rings is 1. The van der Waals surface area contributed by atoms with E-state index in [1.54, 1.807) is 0 Å². The number of imide groups is 1. The van der Waals surface area contributed by atoms with Crippen LogP contribution in [0, 0.1) is 0 Å². The summed E-state index contributed by atoms with van der Waals surface area (Å²) < 4.78 is 0. The van der Waals surface area contributed by atoms with Crippen molar-refractivity contribution in [2.24, 2.45) is 0 Å². The lowest BCUT2D eigenvalue weighted by Gasteiger charge is -2.28. The fraction of sp³-hybridized carbons (Fsp3) is 0.273. The SMILES string of the molecule is O=C1CCN1C(=O)Cc1ccccc1. The molecular formula is C11H11NO2. The second-order valence-corrected chi connectivity index (χ2v) is 3.35. The molecule has 0 bridgehead atoms. The van der Waals surface area contributed by atoms with Crippen LogP contribution in [0.2, 0.25) is 0 Å². The van der Waals surface area contributed by atoms with E-state index >= 15 is 0 Å². The molecule has 72 valence electrons. The Morgan fingerprint density at radius 1 is 1.29 bits per heavy atom. The molecule has 1 aromatic carbocycles. The third kappa shape index (κ3) is 1.66. The Morgan fingerprint density at radius 2 is 2.00 bits per heavy atom. The van der Waals surface area contributed by atoms with Crippen LogP contribution in [-0.2, 0) is 16.0 Å². The van der Waals surface area contributed by atoms with Crippen LogP contribution >= 0.6 is 0 Å². The molecule has 0 saturated carbocycles. The minimum absolute atomic E-state index is 0.0501. The molecule has 0 aliphatic carbocycles. The maximum absolute atomic E-state index is 11.5. The number of rotatable bonds is 2. The highest BCUT2D eigenvalue weighted by Crippen LogP contribution is 2.11. The Balaban J connectivity index is 1.98. The second kappa shape index (κ2) is 3.62. The predicted octanol–water partition coefficient (Wildman–Crippen LogP) is 0.988. The van der Waals surface area contributed by atoms with E-state index in [2.05, 4.69) is 0 Å². The van der Waals surface area contributed by atoms with E-state index in [4.69, 9.17) is 0 Å². The van der Waals surface area contributed by atoms with E-state index in [9.17, 15) is 9.59 Å². The Bertz CT molecular complexity index is 359. The fourth-order valence-corrected chi connectivity index (χ4v) is 1.44. The summed E-state index contributed by atoms with van der Waals surface area (Å²) in [4.78, 5) is 23.8. The number of hydrogen-bond donors (Lipinski definition) is 0. The maximum Gasteiger partial charge on any atom is 0.233 e. The minimum atomic E-state index is -0.0903. The third-order valence-corrected chi connectivity index (χ3v) is 2.35. The standard InChI is InChI=1S/C11H11NO2/c13-10-6-7-12(10)11(14)8-9-4-2-1-3-5-9/h1-5H,6-8H2. The second-order valence-electron chi connectivity index (χ2n) is 3.35. The van der Waals surface area contributed by atoms with Gasteiger partial charge in [-0.2, -0.15) is 0 Å². The molecule has 1 heterocycles. The van der Waals surface area contributed by atoms with E-state index in [0.717, 1.165) is 5.56 Å². The number of likely N-dealkylation sites (tertiary alicyclic amines) is 1. The van der Waals surface area contributed by atoms with Gasteiger partial charge in [0.15, 0.2) is 0 Å². The van der Waals surface area contributed by atoms with Gasteiger partial charge in [0.25, 0.3) is 0 Å². The summed E-state index contributed by atoms with van der Waals surface area (Å²) in [6.07, 6.45) is 0.840. The van der Waals surface area contributed by atoms with Crippen molar-refractivity contribution in [3.8, 4) is 0 Å². The molecule has 1 aliphatic rings. The number of carbonyl (C=O) groups is 2. The van der Waals surface area contributed by atoms with Crippen molar-refractivity contribution in [2.45, 2.75) is 12.8 Å². The van der Waals surface area contributed by atoms with Gasteiger partial charge in [0.05, 0.1) is 6.42 Å². The van der Waals surface area contributed by atoms with Crippen molar-refractivity contribution in [1.29, 1.82) is 0 Å². The average molecular weight is 189 g/mol. The Hall–Kier alpha value is -1.64. The number of hydrogen-bond acceptors (Lipinski definition) is 2. The molecule has 0 unspecified atom stereocenters. The first-order chi connectivity index (χ1) is 6.77. The summed E-state index contributed by atoms with van der Waals surface area (Å²) in [5.41, 5.74) is 0.956. The summed E-state index contributed by atoms with van der Waals surface area (Å²) in [5, 5.41) is 0. The molecular weight excluding hydrogens is 178 g/mol. The lowest BCUT2D eigenvalue weighted by molar-refractivity contribution is -0.151. The summed E-state index contributed by atoms with van der Waals surface area (Å²) in [5.74, 6) is -0.140. The Morgan fingerprint density at radius 3 is 2.50 bits per heavy atom. The highest BCUT2D eigenvalue weighted by Gasteiger charge is 2.29. The van der Waals surface area contributed by atoms with Crippen LogP contribution in [0.15, 0.2) is 30.3 Å². The van der Waals surface area contributed by atoms with Gasteiger partial charge in [-0.15, -0.1) is 0 Å². The molecule has 2 rings (SSSR count). The molecule has 0 aromatic heterocycles. The maximum atomic E-state index is 11.5. The van der Waals surface area contributed by atoms with Gasteiger partial charge < -0.3 is 0 Å². The molecule has 3 heteroatoms. The average Bonchev–Trinajstić information content (AvgIpc) is 2.17. The first-order valence-electron chi connectivity index (χ1n) is 4.64. The largest absolute Gasteiger partial charge is 0.282 e. The fourth-order valence-electron chi connectivity index (χ4n) is 1.44. The summed E-state index contributed by atoms with van der Waals surface area (Å²) in [6.45, 7) is 0.588. The first-order valence-corrected chi connectivity index (χ1v) is 4.64. The van der Waals surface area contributed by atoms with E-state index in [-0.39, 0.29) is 11.8 Å². The van der Waals surface area contributed by atoms with Crippen LogP contribution < -0.4 is 0 Å².